The Morgan fingerprint density at radius 3 is 2.94 bits per heavy atom. The summed E-state index contributed by atoms with van der Waals surface area (Å²) in [6.45, 7) is 4.83. The number of hydrogen-bond acceptors (Lipinski definition) is 6. The molecule has 1 aliphatic heterocycles. The maximum absolute atomic E-state index is 10.8. The second-order valence-corrected chi connectivity index (χ2v) is 4.17. The summed E-state index contributed by atoms with van der Waals surface area (Å²) in [6.07, 6.45) is 1.44. The van der Waals surface area contributed by atoms with Crippen molar-refractivity contribution in [2.75, 3.05) is 44.7 Å². The summed E-state index contributed by atoms with van der Waals surface area (Å²) in [5.41, 5.74) is 0. The Kier molecular flexibility index (Phi) is 4.11. The maximum atomic E-state index is 10.8. The van der Waals surface area contributed by atoms with Crippen molar-refractivity contribution in [1.82, 2.24) is 14.5 Å². The normalized spacial score (nSPS) is 16.7. The van der Waals surface area contributed by atoms with E-state index in [4.69, 9.17) is 4.74 Å². The quantitative estimate of drug-likeness (QED) is 0.592. The highest BCUT2D eigenvalue weighted by Crippen LogP contribution is 2.20. The lowest BCUT2D eigenvalue weighted by Gasteiger charge is -2.26. The molecule has 2 rings (SSSR count). The number of ether oxygens (including phenoxy) is 1. The smallest absolute Gasteiger partial charge is 0.379 e. The Hall–Kier alpha value is -1.67. The van der Waals surface area contributed by atoms with E-state index in [0.717, 1.165) is 32.8 Å². The minimum Gasteiger partial charge on any atom is -0.379 e. The highest BCUT2D eigenvalue weighted by atomic mass is 16.6. The fourth-order valence-corrected chi connectivity index (χ4v) is 1.91. The topological polar surface area (TPSA) is 85.5 Å². The molecule has 0 atom stereocenters. The molecule has 1 saturated heterocycles. The zero-order chi connectivity index (χ0) is 13.0. The van der Waals surface area contributed by atoms with Crippen molar-refractivity contribution in [3.63, 3.8) is 0 Å². The molecule has 18 heavy (non-hydrogen) atoms. The van der Waals surface area contributed by atoms with Crippen LogP contribution in [0.5, 0.6) is 0 Å². The fourth-order valence-electron chi connectivity index (χ4n) is 1.91. The molecule has 1 aliphatic rings. The minimum atomic E-state index is -0.475. The first kappa shape index (κ1) is 12.8. The molecule has 0 amide bonds. The number of anilines is 1. The summed E-state index contributed by atoms with van der Waals surface area (Å²) in [5.74, 6) is 0.327. The standard InChI is InChI=1S/C10H17N5O3/c1-13-8-12-10(15(16)17)9(13)11-2-3-14-4-6-18-7-5-14/h8,11H,2-7H2,1H3. The number of rotatable bonds is 5. The van der Waals surface area contributed by atoms with Gasteiger partial charge in [0.05, 0.1) is 13.2 Å². The van der Waals surface area contributed by atoms with Crippen LogP contribution in [0.3, 0.4) is 0 Å². The summed E-state index contributed by atoms with van der Waals surface area (Å²) < 4.78 is 6.88. The predicted molar refractivity (Wildman–Crippen MR) is 65.6 cm³/mol. The van der Waals surface area contributed by atoms with Gasteiger partial charge in [-0.2, -0.15) is 0 Å². The molecule has 0 unspecified atom stereocenters. The molecule has 0 radical (unpaired) electrons. The number of nitrogens with zero attached hydrogens (tertiary/aromatic N) is 4. The molecular formula is C10H17N5O3. The van der Waals surface area contributed by atoms with Crippen LogP contribution >= 0.6 is 0 Å². The molecular weight excluding hydrogens is 238 g/mol. The van der Waals surface area contributed by atoms with Gasteiger partial charge in [-0.25, -0.2) is 0 Å². The highest BCUT2D eigenvalue weighted by Gasteiger charge is 2.19. The van der Waals surface area contributed by atoms with Crippen LogP contribution in [-0.4, -0.2) is 58.8 Å². The Morgan fingerprint density at radius 1 is 1.56 bits per heavy atom. The van der Waals surface area contributed by atoms with Gasteiger partial charge < -0.3 is 20.2 Å². The molecule has 0 spiro atoms. The average Bonchev–Trinajstić information content (AvgIpc) is 2.73. The van der Waals surface area contributed by atoms with Crippen LogP contribution in [0.1, 0.15) is 0 Å². The number of morpholine rings is 1. The van der Waals surface area contributed by atoms with Gasteiger partial charge in [0.2, 0.25) is 12.1 Å². The van der Waals surface area contributed by atoms with Crippen molar-refractivity contribution in [3.8, 4) is 0 Å². The van der Waals surface area contributed by atoms with Crippen LogP contribution in [0, 0.1) is 10.1 Å². The molecule has 1 aromatic heterocycles. The van der Waals surface area contributed by atoms with Crippen molar-refractivity contribution in [2.45, 2.75) is 0 Å². The van der Waals surface area contributed by atoms with E-state index in [1.807, 2.05) is 0 Å². The van der Waals surface area contributed by atoms with E-state index in [0.29, 0.717) is 12.4 Å². The zero-order valence-electron chi connectivity index (χ0n) is 10.3. The number of aromatic nitrogens is 2. The Bertz CT molecular complexity index is 414. The number of nitro groups is 1. The molecule has 0 saturated carbocycles. The van der Waals surface area contributed by atoms with Crippen LogP contribution in [-0.2, 0) is 11.8 Å². The van der Waals surface area contributed by atoms with Crippen molar-refractivity contribution >= 4 is 11.6 Å². The van der Waals surface area contributed by atoms with Crippen LogP contribution in [0.4, 0.5) is 11.6 Å². The second kappa shape index (κ2) is 5.78. The molecule has 100 valence electrons. The van der Waals surface area contributed by atoms with E-state index in [1.165, 1.54) is 6.33 Å². The third kappa shape index (κ3) is 2.96. The first-order valence-corrected chi connectivity index (χ1v) is 5.88. The third-order valence-corrected chi connectivity index (χ3v) is 2.91. The number of nitrogens with one attached hydrogen (secondary N) is 1. The lowest BCUT2D eigenvalue weighted by molar-refractivity contribution is -0.388. The molecule has 2 heterocycles. The minimum absolute atomic E-state index is 0.125. The predicted octanol–water partition coefficient (Wildman–Crippen LogP) is 0.0724. The SMILES string of the molecule is Cn1cnc([N+](=O)[O-])c1NCCN1CCOCC1. The monoisotopic (exact) mass is 255 g/mol. The lowest BCUT2D eigenvalue weighted by atomic mass is 10.4. The Labute approximate surface area is 105 Å². The number of imidazole rings is 1. The van der Waals surface area contributed by atoms with Crippen LogP contribution in [0.25, 0.3) is 0 Å². The van der Waals surface area contributed by atoms with Crippen molar-refractivity contribution in [2.24, 2.45) is 7.05 Å². The molecule has 1 fully saturated rings. The fraction of sp³-hybridized carbons (Fsp3) is 0.700. The molecule has 8 nitrogen and oxygen atoms in total. The summed E-state index contributed by atoms with van der Waals surface area (Å²) in [4.78, 5) is 16.3. The van der Waals surface area contributed by atoms with E-state index >= 15 is 0 Å². The summed E-state index contributed by atoms with van der Waals surface area (Å²) in [5, 5.41) is 13.8. The molecule has 0 bridgehead atoms. The molecule has 8 heteroatoms. The lowest BCUT2D eigenvalue weighted by Crippen LogP contribution is -2.39. The van der Waals surface area contributed by atoms with Crippen molar-refractivity contribution in [3.05, 3.63) is 16.4 Å². The van der Waals surface area contributed by atoms with Gasteiger partial charge in [0.25, 0.3) is 0 Å². The molecule has 1 aromatic rings. The van der Waals surface area contributed by atoms with Crippen LogP contribution in [0.15, 0.2) is 6.33 Å². The summed E-state index contributed by atoms with van der Waals surface area (Å²) >= 11 is 0. The molecule has 1 N–H and O–H groups in total. The summed E-state index contributed by atoms with van der Waals surface area (Å²) in [6, 6.07) is 0. The van der Waals surface area contributed by atoms with Gasteiger partial charge >= 0.3 is 5.82 Å². The van der Waals surface area contributed by atoms with Gasteiger partial charge in [-0.15, -0.1) is 0 Å². The first-order valence-electron chi connectivity index (χ1n) is 5.88. The van der Waals surface area contributed by atoms with Crippen molar-refractivity contribution in [1.29, 1.82) is 0 Å². The maximum Gasteiger partial charge on any atom is 0.406 e. The Morgan fingerprint density at radius 2 is 2.28 bits per heavy atom. The van der Waals surface area contributed by atoms with Gasteiger partial charge in [0.15, 0.2) is 0 Å². The van der Waals surface area contributed by atoms with E-state index < -0.39 is 4.92 Å². The van der Waals surface area contributed by atoms with E-state index in [9.17, 15) is 10.1 Å². The zero-order valence-corrected chi connectivity index (χ0v) is 10.3. The number of hydrogen-bond donors (Lipinski definition) is 1. The van der Waals surface area contributed by atoms with Crippen LogP contribution < -0.4 is 5.32 Å². The van der Waals surface area contributed by atoms with Crippen molar-refractivity contribution < 1.29 is 9.66 Å². The average molecular weight is 255 g/mol. The van der Waals surface area contributed by atoms with E-state index in [2.05, 4.69) is 15.2 Å². The molecule has 0 aromatic carbocycles. The summed E-state index contributed by atoms with van der Waals surface area (Å²) in [7, 11) is 1.73. The van der Waals surface area contributed by atoms with Gasteiger partial charge in [-0.3, -0.25) is 9.47 Å². The van der Waals surface area contributed by atoms with E-state index in [1.54, 1.807) is 11.6 Å². The van der Waals surface area contributed by atoms with Gasteiger partial charge in [-0.1, -0.05) is 0 Å². The highest BCUT2D eigenvalue weighted by molar-refractivity contribution is 5.51. The van der Waals surface area contributed by atoms with Gasteiger partial charge in [0, 0.05) is 33.2 Å². The first-order chi connectivity index (χ1) is 8.68. The van der Waals surface area contributed by atoms with Crippen LogP contribution in [0.2, 0.25) is 0 Å². The second-order valence-electron chi connectivity index (χ2n) is 4.17. The largest absolute Gasteiger partial charge is 0.406 e. The van der Waals surface area contributed by atoms with Gasteiger partial charge in [0.1, 0.15) is 0 Å². The molecule has 0 aliphatic carbocycles. The third-order valence-electron chi connectivity index (χ3n) is 2.91. The number of aryl methyl sites for hydroxylation is 1. The van der Waals surface area contributed by atoms with Gasteiger partial charge in [-0.05, 0) is 9.91 Å². The van der Waals surface area contributed by atoms with E-state index in [-0.39, 0.29) is 5.82 Å². The Balaban J connectivity index is 1.85.